The van der Waals surface area contributed by atoms with Crippen LogP contribution < -0.4 is 5.73 Å². The van der Waals surface area contributed by atoms with E-state index in [2.05, 4.69) is 23.8 Å². The smallest absolute Gasteiger partial charge is 0.159 e. The molecule has 0 unspecified atom stereocenters. The van der Waals surface area contributed by atoms with Gasteiger partial charge in [-0.1, -0.05) is 13.8 Å². The number of hydrogen-bond donors (Lipinski definition) is 1. The SMILES string of the molecule is CCC(N)(CC)c1nc2cccnc2n1C. The summed E-state index contributed by atoms with van der Waals surface area (Å²) in [5.41, 5.74) is 7.83. The average Bonchev–Trinajstić information content (AvgIpc) is 2.67. The normalized spacial score (nSPS) is 12.2. The van der Waals surface area contributed by atoms with Crippen molar-refractivity contribution in [3.8, 4) is 0 Å². The molecule has 0 aromatic carbocycles. The van der Waals surface area contributed by atoms with E-state index in [9.17, 15) is 0 Å². The Hall–Kier alpha value is -1.42. The molecule has 0 aliphatic heterocycles. The van der Waals surface area contributed by atoms with Crippen molar-refractivity contribution in [3.05, 3.63) is 24.2 Å². The third-order valence-corrected chi connectivity index (χ3v) is 3.33. The highest BCUT2D eigenvalue weighted by Gasteiger charge is 2.28. The Morgan fingerprint density at radius 1 is 1.38 bits per heavy atom. The molecule has 0 amide bonds. The van der Waals surface area contributed by atoms with E-state index in [1.54, 1.807) is 6.20 Å². The van der Waals surface area contributed by atoms with Crippen LogP contribution in [0, 0.1) is 0 Å². The molecule has 0 saturated heterocycles. The molecule has 16 heavy (non-hydrogen) atoms. The number of hydrogen-bond acceptors (Lipinski definition) is 3. The summed E-state index contributed by atoms with van der Waals surface area (Å²) in [4.78, 5) is 8.93. The summed E-state index contributed by atoms with van der Waals surface area (Å²) in [6.45, 7) is 4.19. The van der Waals surface area contributed by atoms with Gasteiger partial charge in [-0.2, -0.15) is 0 Å². The van der Waals surface area contributed by atoms with E-state index in [4.69, 9.17) is 5.73 Å². The molecule has 0 bridgehead atoms. The van der Waals surface area contributed by atoms with Crippen LogP contribution in [0.5, 0.6) is 0 Å². The second kappa shape index (κ2) is 3.87. The molecule has 2 aromatic rings. The predicted octanol–water partition coefficient (Wildman–Crippen LogP) is 1.94. The maximum atomic E-state index is 6.37. The van der Waals surface area contributed by atoms with Gasteiger partial charge in [0.1, 0.15) is 11.3 Å². The minimum Gasteiger partial charge on any atom is -0.319 e. The van der Waals surface area contributed by atoms with Crippen LogP contribution in [0.1, 0.15) is 32.5 Å². The molecule has 86 valence electrons. The molecule has 0 spiro atoms. The Morgan fingerprint density at radius 2 is 2.06 bits per heavy atom. The third kappa shape index (κ3) is 1.50. The molecule has 2 aromatic heterocycles. The van der Waals surface area contributed by atoms with Crippen LogP contribution in [0.2, 0.25) is 0 Å². The second-order valence-electron chi connectivity index (χ2n) is 4.20. The Bertz CT molecular complexity index is 497. The lowest BCUT2D eigenvalue weighted by Gasteiger charge is -2.25. The fourth-order valence-corrected chi connectivity index (χ4v) is 2.04. The van der Waals surface area contributed by atoms with Gasteiger partial charge in [0.2, 0.25) is 0 Å². The van der Waals surface area contributed by atoms with Gasteiger partial charge in [0, 0.05) is 13.2 Å². The van der Waals surface area contributed by atoms with Crippen LogP contribution in [0.3, 0.4) is 0 Å². The molecular weight excluding hydrogens is 200 g/mol. The highest BCUT2D eigenvalue weighted by Crippen LogP contribution is 2.26. The quantitative estimate of drug-likeness (QED) is 0.856. The standard InChI is InChI=1S/C12H18N4/c1-4-12(13,5-2)11-15-9-7-6-8-14-10(9)16(11)3/h6-8H,4-5,13H2,1-3H3. The lowest BCUT2D eigenvalue weighted by Crippen LogP contribution is -2.37. The second-order valence-corrected chi connectivity index (χ2v) is 4.20. The van der Waals surface area contributed by atoms with Crippen molar-refractivity contribution < 1.29 is 0 Å². The van der Waals surface area contributed by atoms with Crippen molar-refractivity contribution in [2.45, 2.75) is 32.2 Å². The summed E-state index contributed by atoms with van der Waals surface area (Å²) in [5.74, 6) is 0.922. The minimum atomic E-state index is -0.352. The van der Waals surface area contributed by atoms with Gasteiger partial charge >= 0.3 is 0 Å². The van der Waals surface area contributed by atoms with Crippen molar-refractivity contribution in [3.63, 3.8) is 0 Å². The number of nitrogens with zero attached hydrogens (tertiary/aromatic N) is 3. The maximum absolute atomic E-state index is 6.37. The first kappa shape index (κ1) is 11.1. The molecule has 0 aliphatic carbocycles. The fourth-order valence-electron chi connectivity index (χ4n) is 2.04. The molecule has 0 atom stereocenters. The van der Waals surface area contributed by atoms with Gasteiger partial charge in [-0.05, 0) is 25.0 Å². The molecule has 4 nitrogen and oxygen atoms in total. The lowest BCUT2D eigenvalue weighted by atomic mass is 9.93. The van der Waals surface area contributed by atoms with Crippen LogP contribution in [0.15, 0.2) is 18.3 Å². The number of rotatable bonds is 3. The monoisotopic (exact) mass is 218 g/mol. The van der Waals surface area contributed by atoms with Crippen molar-refractivity contribution in [1.82, 2.24) is 14.5 Å². The minimum absolute atomic E-state index is 0.352. The van der Waals surface area contributed by atoms with Gasteiger partial charge in [0.05, 0.1) is 5.54 Å². The number of pyridine rings is 1. The van der Waals surface area contributed by atoms with Crippen molar-refractivity contribution >= 4 is 11.2 Å². The van der Waals surface area contributed by atoms with E-state index in [0.717, 1.165) is 29.8 Å². The zero-order valence-electron chi connectivity index (χ0n) is 10.1. The molecule has 2 rings (SSSR count). The largest absolute Gasteiger partial charge is 0.319 e. The first-order valence-corrected chi connectivity index (χ1v) is 5.69. The first-order valence-electron chi connectivity index (χ1n) is 5.69. The van der Waals surface area contributed by atoms with E-state index in [1.807, 2.05) is 23.7 Å². The average molecular weight is 218 g/mol. The van der Waals surface area contributed by atoms with E-state index in [-0.39, 0.29) is 5.54 Å². The van der Waals surface area contributed by atoms with Crippen LogP contribution >= 0.6 is 0 Å². The Kier molecular flexibility index (Phi) is 2.68. The highest BCUT2D eigenvalue weighted by molar-refractivity contribution is 5.71. The first-order chi connectivity index (χ1) is 7.62. The molecule has 0 radical (unpaired) electrons. The van der Waals surface area contributed by atoms with Gasteiger partial charge in [-0.3, -0.25) is 0 Å². The van der Waals surface area contributed by atoms with E-state index >= 15 is 0 Å². The molecule has 0 aliphatic rings. The maximum Gasteiger partial charge on any atom is 0.159 e. The van der Waals surface area contributed by atoms with Crippen LogP contribution in [0.25, 0.3) is 11.2 Å². The summed E-state index contributed by atoms with van der Waals surface area (Å²) in [5, 5.41) is 0. The van der Waals surface area contributed by atoms with E-state index in [0.29, 0.717) is 0 Å². The Morgan fingerprint density at radius 3 is 2.62 bits per heavy atom. The molecule has 2 N–H and O–H groups in total. The summed E-state index contributed by atoms with van der Waals surface area (Å²) >= 11 is 0. The Labute approximate surface area is 95.5 Å². The summed E-state index contributed by atoms with van der Waals surface area (Å²) in [6.07, 6.45) is 3.53. The van der Waals surface area contributed by atoms with Gasteiger partial charge in [0.25, 0.3) is 0 Å². The van der Waals surface area contributed by atoms with E-state index in [1.165, 1.54) is 0 Å². The fraction of sp³-hybridized carbons (Fsp3) is 0.500. The topological polar surface area (TPSA) is 56.7 Å². The molecule has 2 heterocycles. The summed E-state index contributed by atoms with van der Waals surface area (Å²) in [7, 11) is 1.98. The highest BCUT2D eigenvalue weighted by atomic mass is 15.1. The lowest BCUT2D eigenvalue weighted by molar-refractivity contribution is 0.378. The summed E-state index contributed by atoms with van der Waals surface area (Å²) in [6, 6.07) is 3.87. The zero-order chi connectivity index (χ0) is 11.8. The molecule has 0 fully saturated rings. The third-order valence-electron chi connectivity index (χ3n) is 3.33. The van der Waals surface area contributed by atoms with Gasteiger partial charge in [-0.25, -0.2) is 9.97 Å². The van der Waals surface area contributed by atoms with Crippen molar-refractivity contribution in [1.29, 1.82) is 0 Å². The number of nitrogens with two attached hydrogens (primary N) is 1. The van der Waals surface area contributed by atoms with Gasteiger partial charge in [-0.15, -0.1) is 0 Å². The Balaban J connectivity index is 2.65. The van der Waals surface area contributed by atoms with E-state index < -0.39 is 0 Å². The van der Waals surface area contributed by atoms with Crippen LogP contribution in [0.4, 0.5) is 0 Å². The summed E-state index contributed by atoms with van der Waals surface area (Å²) < 4.78 is 2.00. The zero-order valence-corrected chi connectivity index (χ0v) is 10.1. The number of aromatic nitrogens is 3. The van der Waals surface area contributed by atoms with Crippen LogP contribution in [-0.4, -0.2) is 14.5 Å². The van der Waals surface area contributed by atoms with Crippen molar-refractivity contribution in [2.75, 3.05) is 0 Å². The number of imidazole rings is 1. The number of fused-ring (bicyclic) bond motifs is 1. The van der Waals surface area contributed by atoms with Crippen molar-refractivity contribution in [2.24, 2.45) is 12.8 Å². The van der Waals surface area contributed by atoms with Gasteiger partial charge in [0.15, 0.2) is 5.65 Å². The predicted molar refractivity (Wildman–Crippen MR) is 65.0 cm³/mol. The molecule has 0 saturated carbocycles. The van der Waals surface area contributed by atoms with Gasteiger partial charge < -0.3 is 10.3 Å². The molecule has 4 heteroatoms. The van der Waals surface area contributed by atoms with Crippen LogP contribution in [-0.2, 0) is 12.6 Å². The molecular formula is C12H18N4. The number of aryl methyl sites for hydroxylation is 1.